The Morgan fingerprint density at radius 1 is 1.11 bits per heavy atom. The van der Waals surface area contributed by atoms with Gasteiger partial charge in [0.15, 0.2) is 0 Å². The van der Waals surface area contributed by atoms with Crippen molar-refractivity contribution in [3.63, 3.8) is 0 Å². The minimum absolute atomic E-state index is 0.0151. The molecule has 144 valence electrons. The lowest BCUT2D eigenvalue weighted by Crippen LogP contribution is -2.54. The smallest absolute Gasteiger partial charge is 0.243 e. The number of rotatable bonds is 4. The van der Waals surface area contributed by atoms with E-state index in [1.807, 2.05) is 13.1 Å². The Hall–Kier alpha value is -2.33. The molecule has 0 fully saturated rings. The van der Waals surface area contributed by atoms with Gasteiger partial charge in [0.25, 0.3) is 0 Å². The third-order valence-corrected chi connectivity index (χ3v) is 5.64. The zero-order valence-corrected chi connectivity index (χ0v) is 16.6. The first-order valence-electron chi connectivity index (χ1n) is 9.74. The van der Waals surface area contributed by atoms with Crippen molar-refractivity contribution in [2.75, 3.05) is 18.6 Å². The summed E-state index contributed by atoms with van der Waals surface area (Å²) >= 11 is 0. The largest absolute Gasteiger partial charge is 0.394 e. The summed E-state index contributed by atoms with van der Waals surface area (Å²) < 4.78 is 0. The van der Waals surface area contributed by atoms with Crippen LogP contribution in [0.1, 0.15) is 43.4 Å². The molecule has 1 aliphatic heterocycles. The van der Waals surface area contributed by atoms with E-state index < -0.39 is 0 Å². The summed E-state index contributed by atoms with van der Waals surface area (Å²) in [4.78, 5) is 14.9. The van der Waals surface area contributed by atoms with Crippen LogP contribution in [0.5, 0.6) is 0 Å². The van der Waals surface area contributed by atoms with Crippen LogP contribution in [0.3, 0.4) is 0 Å². The van der Waals surface area contributed by atoms with Crippen LogP contribution in [0.4, 0.5) is 5.69 Å². The highest BCUT2D eigenvalue weighted by Crippen LogP contribution is 2.32. The Bertz CT molecular complexity index is 788. The van der Waals surface area contributed by atoms with Crippen molar-refractivity contribution in [3.05, 3.63) is 65.2 Å². The Morgan fingerprint density at radius 3 is 2.44 bits per heavy atom. The van der Waals surface area contributed by atoms with Crippen molar-refractivity contribution >= 4 is 11.6 Å². The second kappa shape index (κ2) is 8.13. The van der Waals surface area contributed by atoms with Crippen molar-refractivity contribution in [2.24, 2.45) is 5.92 Å². The number of aliphatic hydroxyl groups is 1. The summed E-state index contributed by atoms with van der Waals surface area (Å²) in [5.74, 6) is 0.421. The van der Waals surface area contributed by atoms with Crippen LogP contribution < -0.4 is 10.2 Å². The van der Waals surface area contributed by atoms with Crippen molar-refractivity contribution in [3.8, 4) is 0 Å². The van der Waals surface area contributed by atoms with Gasteiger partial charge in [0.1, 0.15) is 6.04 Å². The Morgan fingerprint density at radius 2 is 1.81 bits per heavy atom. The molecular formula is C23H30N2O2. The molecule has 1 aliphatic rings. The molecule has 0 saturated heterocycles. The molecule has 2 aromatic carbocycles. The number of aliphatic hydroxyl groups excluding tert-OH is 1. The molecule has 0 radical (unpaired) electrons. The van der Waals surface area contributed by atoms with Crippen LogP contribution in [0.15, 0.2) is 48.5 Å². The molecule has 1 unspecified atom stereocenters. The van der Waals surface area contributed by atoms with Gasteiger partial charge in [-0.05, 0) is 35.1 Å². The normalized spacial score (nSPS) is 21.3. The van der Waals surface area contributed by atoms with E-state index in [0.29, 0.717) is 6.42 Å². The van der Waals surface area contributed by atoms with Gasteiger partial charge in [-0.15, -0.1) is 0 Å². The molecule has 4 heteroatoms. The Labute approximate surface area is 162 Å². The summed E-state index contributed by atoms with van der Waals surface area (Å²) in [6, 6.07) is 16.5. The minimum atomic E-state index is -0.264. The van der Waals surface area contributed by atoms with E-state index in [9.17, 15) is 9.90 Å². The molecular weight excluding hydrogens is 336 g/mol. The highest BCUT2D eigenvalue weighted by Gasteiger charge is 2.32. The van der Waals surface area contributed by atoms with Crippen molar-refractivity contribution in [1.29, 1.82) is 0 Å². The van der Waals surface area contributed by atoms with Gasteiger partial charge in [-0.1, -0.05) is 63.2 Å². The molecule has 0 bridgehead atoms. The first-order valence-corrected chi connectivity index (χ1v) is 9.74. The Kier molecular flexibility index (Phi) is 5.85. The highest BCUT2D eigenvalue weighted by atomic mass is 16.3. The number of carbonyl (C=O) groups excluding carboxylic acids is 1. The van der Waals surface area contributed by atoms with Gasteiger partial charge in [-0.2, -0.15) is 0 Å². The molecule has 1 amide bonds. The van der Waals surface area contributed by atoms with E-state index in [0.717, 1.165) is 11.3 Å². The molecule has 1 heterocycles. The quantitative estimate of drug-likeness (QED) is 0.873. The fraction of sp³-hybridized carbons (Fsp3) is 0.435. The monoisotopic (exact) mass is 366 g/mol. The second-order valence-corrected chi connectivity index (χ2v) is 7.91. The van der Waals surface area contributed by atoms with Crippen LogP contribution in [-0.2, 0) is 11.2 Å². The number of likely N-dealkylation sites (N-methyl/N-ethyl adjacent to an activating group) is 1. The summed E-state index contributed by atoms with van der Waals surface area (Å²) in [6.07, 6.45) is 0.632. The van der Waals surface area contributed by atoms with Gasteiger partial charge in [-0.3, -0.25) is 4.79 Å². The van der Waals surface area contributed by atoms with Crippen LogP contribution in [0.25, 0.3) is 0 Å². The summed E-state index contributed by atoms with van der Waals surface area (Å²) in [5.41, 5.74) is 4.75. The van der Waals surface area contributed by atoms with Crippen molar-refractivity contribution in [1.82, 2.24) is 5.32 Å². The van der Waals surface area contributed by atoms with Gasteiger partial charge in [0.05, 0.1) is 12.6 Å². The Balaban J connectivity index is 2.04. The van der Waals surface area contributed by atoms with Gasteiger partial charge in [0, 0.05) is 18.7 Å². The summed E-state index contributed by atoms with van der Waals surface area (Å²) in [5, 5.41) is 12.7. The first kappa shape index (κ1) is 19.4. The van der Waals surface area contributed by atoms with E-state index in [-0.39, 0.29) is 36.4 Å². The summed E-state index contributed by atoms with van der Waals surface area (Å²) in [6.45, 7) is 6.28. The summed E-state index contributed by atoms with van der Waals surface area (Å²) in [7, 11) is 2.00. The van der Waals surface area contributed by atoms with Gasteiger partial charge in [0.2, 0.25) is 5.91 Å². The van der Waals surface area contributed by atoms with Gasteiger partial charge < -0.3 is 15.3 Å². The maximum Gasteiger partial charge on any atom is 0.243 e. The number of nitrogens with one attached hydrogen (secondary N) is 1. The SMILES string of the molecule is CC(c1ccccc1)c1ccc2c(c1)N(C)[C@H](C(C)C)C(=O)N[C@@H](CO)C2. The standard InChI is InChI=1S/C23H30N2O2/c1-15(2)22-23(27)24-20(14-26)12-19-11-10-18(13-21(19)25(22)4)16(3)17-8-6-5-7-9-17/h5-11,13,15-16,20,22,26H,12,14H2,1-4H3,(H,24,27)/t16?,20-,22-/m1/s1. The van der Waals surface area contributed by atoms with Crippen molar-refractivity contribution < 1.29 is 9.90 Å². The zero-order valence-electron chi connectivity index (χ0n) is 16.6. The third-order valence-electron chi connectivity index (χ3n) is 5.64. The first-order chi connectivity index (χ1) is 12.9. The maximum atomic E-state index is 12.8. The van der Waals surface area contributed by atoms with E-state index in [1.54, 1.807) is 0 Å². The number of hydrogen-bond donors (Lipinski definition) is 2. The van der Waals surface area contributed by atoms with Crippen molar-refractivity contribution in [2.45, 2.75) is 45.2 Å². The molecule has 0 aromatic heterocycles. The second-order valence-electron chi connectivity index (χ2n) is 7.91. The lowest BCUT2D eigenvalue weighted by molar-refractivity contribution is -0.124. The number of benzene rings is 2. The minimum Gasteiger partial charge on any atom is -0.394 e. The topological polar surface area (TPSA) is 52.6 Å². The van der Waals surface area contributed by atoms with Crippen LogP contribution in [-0.4, -0.2) is 36.8 Å². The number of hydrogen-bond acceptors (Lipinski definition) is 3. The molecule has 27 heavy (non-hydrogen) atoms. The van der Waals surface area contributed by atoms with E-state index in [1.165, 1.54) is 11.1 Å². The fourth-order valence-electron chi connectivity index (χ4n) is 4.07. The molecule has 3 rings (SSSR count). The number of carbonyl (C=O) groups is 1. The molecule has 0 spiro atoms. The molecule has 0 aliphatic carbocycles. The predicted molar refractivity (Wildman–Crippen MR) is 110 cm³/mol. The van der Waals surface area contributed by atoms with Crippen LogP contribution in [0.2, 0.25) is 0 Å². The average molecular weight is 367 g/mol. The number of anilines is 1. The lowest BCUT2D eigenvalue weighted by Gasteiger charge is -2.37. The zero-order chi connectivity index (χ0) is 19.6. The number of amides is 1. The number of nitrogens with zero attached hydrogens (tertiary/aromatic N) is 1. The van der Waals surface area contributed by atoms with Gasteiger partial charge >= 0.3 is 0 Å². The third kappa shape index (κ3) is 4.01. The lowest BCUT2D eigenvalue weighted by atomic mass is 9.89. The predicted octanol–water partition coefficient (Wildman–Crippen LogP) is 3.33. The molecule has 0 saturated carbocycles. The maximum absolute atomic E-state index is 12.8. The highest BCUT2D eigenvalue weighted by molar-refractivity contribution is 5.86. The van der Waals surface area contributed by atoms with E-state index in [4.69, 9.17) is 0 Å². The van der Waals surface area contributed by atoms with E-state index >= 15 is 0 Å². The molecule has 2 aromatic rings. The average Bonchev–Trinajstić information content (AvgIpc) is 2.66. The number of fused-ring (bicyclic) bond motifs is 1. The van der Waals surface area contributed by atoms with Gasteiger partial charge in [-0.25, -0.2) is 0 Å². The molecule has 3 atom stereocenters. The van der Waals surface area contributed by atoms with E-state index in [2.05, 4.69) is 73.5 Å². The molecule has 2 N–H and O–H groups in total. The molecule has 4 nitrogen and oxygen atoms in total. The fourth-order valence-corrected chi connectivity index (χ4v) is 4.07. The van der Waals surface area contributed by atoms with Crippen LogP contribution >= 0.6 is 0 Å². The van der Waals surface area contributed by atoms with Crippen LogP contribution in [0, 0.1) is 5.92 Å².